The number of amides is 1. The Labute approximate surface area is 144 Å². The van der Waals surface area contributed by atoms with Crippen molar-refractivity contribution < 1.29 is 4.79 Å². The van der Waals surface area contributed by atoms with E-state index in [1.165, 1.54) is 31.5 Å². The number of rotatable bonds is 5. The van der Waals surface area contributed by atoms with Crippen LogP contribution in [-0.4, -0.2) is 76.2 Å². The number of nitrogens with zero attached hydrogens (tertiary/aromatic N) is 5. The van der Waals surface area contributed by atoms with E-state index < -0.39 is 0 Å². The average Bonchev–Trinajstić information content (AvgIpc) is 3.23. The molecule has 6 nitrogen and oxygen atoms in total. The second-order valence-corrected chi connectivity index (χ2v) is 7.89. The molecule has 3 aliphatic rings. The molecule has 0 aromatic carbocycles. The van der Waals surface area contributed by atoms with Crippen molar-refractivity contribution in [3.8, 4) is 0 Å². The molecule has 4 rings (SSSR count). The van der Waals surface area contributed by atoms with Gasteiger partial charge in [-0.3, -0.25) is 14.4 Å². The molecule has 3 fully saturated rings. The summed E-state index contributed by atoms with van der Waals surface area (Å²) in [6.07, 6.45) is 8.85. The Morgan fingerprint density at radius 2 is 1.88 bits per heavy atom. The second kappa shape index (κ2) is 6.48. The number of carbonyl (C=O) groups excluding carboxylic acids is 1. The van der Waals surface area contributed by atoms with Crippen LogP contribution in [0, 0.1) is 5.41 Å². The Kier molecular flexibility index (Phi) is 4.35. The molecule has 3 saturated heterocycles. The summed E-state index contributed by atoms with van der Waals surface area (Å²) in [6, 6.07) is 0. The first-order valence-electron chi connectivity index (χ1n) is 9.36. The molecular formula is C18H29N5O. The van der Waals surface area contributed by atoms with Gasteiger partial charge in [0.1, 0.15) is 0 Å². The van der Waals surface area contributed by atoms with Crippen LogP contribution in [0.25, 0.3) is 0 Å². The van der Waals surface area contributed by atoms with E-state index in [0.717, 1.165) is 52.1 Å². The van der Waals surface area contributed by atoms with Gasteiger partial charge in [0.05, 0.1) is 11.6 Å². The first-order chi connectivity index (χ1) is 11.6. The number of hydrogen-bond acceptors (Lipinski definition) is 4. The Bertz CT molecular complexity index is 594. The Morgan fingerprint density at radius 3 is 2.58 bits per heavy atom. The number of likely N-dealkylation sites (tertiary alicyclic amines) is 3. The van der Waals surface area contributed by atoms with Crippen LogP contribution in [0.15, 0.2) is 12.4 Å². The van der Waals surface area contributed by atoms with Gasteiger partial charge >= 0.3 is 0 Å². The van der Waals surface area contributed by atoms with Crippen LogP contribution in [0.3, 0.4) is 0 Å². The van der Waals surface area contributed by atoms with E-state index in [1.54, 1.807) is 0 Å². The minimum atomic E-state index is -0.0918. The van der Waals surface area contributed by atoms with Crippen LogP contribution in [0.4, 0.5) is 0 Å². The van der Waals surface area contributed by atoms with Gasteiger partial charge in [-0.15, -0.1) is 0 Å². The minimum Gasteiger partial charge on any atom is -0.340 e. The molecule has 0 aliphatic carbocycles. The molecule has 1 aromatic heterocycles. The lowest BCUT2D eigenvalue weighted by atomic mass is 9.72. The minimum absolute atomic E-state index is 0.0918. The van der Waals surface area contributed by atoms with E-state index in [1.807, 2.05) is 17.9 Å². The maximum Gasteiger partial charge on any atom is 0.231 e. The first-order valence-corrected chi connectivity index (χ1v) is 9.36. The van der Waals surface area contributed by atoms with Crippen molar-refractivity contribution >= 4 is 5.91 Å². The Hall–Kier alpha value is -1.40. The SMILES string of the molecule is Cn1cc(CN2CCCC3(C2)CN(CCN2CCCC2)C3=O)cn1. The quantitative estimate of drug-likeness (QED) is 0.754. The van der Waals surface area contributed by atoms with Gasteiger partial charge in [-0.05, 0) is 45.3 Å². The summed E-state index contributed by atoms with van der Waals surface area (Å²) < 4.78 is 1.85. The summed E-state index contributed by atoms with van der Waals surface area (Å²) in [6.45, 7) is 8.29. The Balaban J connectivity index is 1.30. The molecule has 1 atom stereocenters. The smallest absolute Gasteiger partial charge is 0.231 e. The lowest BCUT2D eigenvalue weighted by Crippen LogP contribution is -2.67. The third kappa shape index (κ3) is 3.09. The van der Waals surface area contributed by atoms with Crippen LogP contribution in [0.5, 0.6) is 0 Å². The molecule has 0 saturated carbocycles. The van der Waals surface area contributed by atoms with E-state index in [0.29, 0.717) is 5.91 Å². The van der Waals surface area contributed by atoms with Crippen LogP contribution in [0.1, 0.15) is 31.2 Å². The molecular weight excluding hydrogens is 302 g/mol. The van der Waals surface area contributed by atoms with E-state index in [9.17, 15) is 4.79 Å². The van der Waals surface area contributed by atoms with Gasteiger partial charge in [0, 0.05) is 51.5 Å². The second-order valence-electron chi connectivity index (χ2n) is 7.89. The molecule has 1 spiro atoms. The number of piperidine rings is 1. The highest BCUT2D eigenvalue weighted by Crippen LogP contribution is 2.40. The third-order valence-corrected chi connectivity index (χ3v) is 5.94. The fourth-order valence-electron chi connectivity index (χ4n) is 4.68. The van der Waals surface area contributed by atoms with Crippen LogP contribution >= 0.6 is 0 Å². The van der Waals surface area contributed by atoms with E-state index in [2.05, 4.69) is 26.0 Å². The van der Waals surface area contributed by atoms with Gasteiger partial charge < -0.3 is 9.80 Å². The highest BCUT2D eigenvalue weighted by molar-refractivity contribution is 5.89. The van der Waals surface area contributed by atoms with Crippen molar-refractivity contribution in [3.63, 3.8) is 0 Å². The highest BCUT2D eigenvalue weighted by atomic mass is 16.2. The maximum absolute atomic E-state index is 12.8. The number of aryl methyl sites for hydroxylation is 1. The number of aromatic nitrogens is 2. The predicted octanol–water partition coefficient (Wildman–Crippen LogP) is 0.940. The van der Waals surface area contributed by atoms with Crippen molar-refractivity contribution in [1.82, 2.24) is 24.5 Å². The zero-order valence-corrected chi connectivity index (χ0v) is 14.8. The van der Waals surface area contributed by atoms with Gasteiger partial charge in [-0.1, -0.05) is 0 Å². The fourth-order valence-corrected chi connectivity index (χ4v) is 4.68. The number of hydrogen-bond donors (Lipinski definition) is 0. The van der Waals surface area contributed by atoms with Gasteiger partial charge in [0.15, 0.2) is 0 Å². The zero-order chi connectivity index (χ0) is 16.6. The summed E-state index contributed by atoms with van der Waals surface area (Å²) in [5, 5.41) is 4.25. The molecule has 1 amide bonds. The molecule has 0 radical (unpaired) electrons. The van der Waals surface area contributed by atoms with Crippen LogP contribution in [0.2, 0.25) is 0 Å². The van der Waals surface area contributed by atoms with Crippen LogP contribution in [-0.2, 0) is 18.4 Å². The standard InChI is InChI=1S/C18H29N5O/c1-20-12-16(11-19-20)13-22-8-4-5-18(14-22)15-23(17(18)24)10-9-21-6-2-3-7-21/h11-12H,2-10,13-15H2,1H3. The van der Waals surface area contributed by atoms with Gasteiger partial charge in [0.25, 0.3) is 0 Å². The molecule has 132 valence electrons. The topological polar surface area (TPSA) is 44.6 Å². The van der Waals surface area contributed by atoms with Gasteiger partial charge in [0.2, 0.25) is 5.91 Å². The van der Waals surface area contributed by atoms with E-state index in [4.69, 9.17) is 0 Å². The molecule has 1 unspecified atom stereocenters. The molecule has 3 aliphatic heterocycles. The summed E-state index contributed by atoms with van der Waals surface area (Å²) >= 11 is 0. The largest absolute Gasteiger partial charge is 0.340 e. The van der Waals surface area contributed by atoms with Crippen LogP contribution < -0.4 is 0 Å². The summed E-state index contributed by atoms with van der Waals surface area (Å²) in [7, 11) is 1.95. The first kappa shape index (κ1) is 16.1. The van der Waals surface area contributed by atoms with Crippen molar-refractivity contribution in [2.24, 2.45) is 12.5 Å². The average molecular weight is 331 g/mol. The lowest BCUT2D eigenvalue weighted by Gasteiger charge is -2.53. The molecule has 0 N–H and O–H groups in total. The van der Waals surface area contributed by atoms with Crippen molar-refractivity contribution in [1.29, 1.82) is 0 Å². The number of carbonyl (C=O) groups is 1. The monoisotopic (exact) mass is 331 g/mol. The third-order valence-electron chi connectivity index (χ3n) is 5.94. The normalized spacial score (nSPS) is 28.7. The maximum atomic E-state index is 12.8. The van der Waals surface area contributed by atoms with Crippen molar-refractivity contribution in [3.05, 3.63) is 18.0 Å². The summed E-state index contributed by atoms with van der Waals surface area (Å²) in [4.78, 5) is 19.8. The summed E-state index contributed by atoms with van der Waals surface area (Å²) in [5.74, 6) is 0.401. The fraction of sp³-hybridized carbons (Fsp3) is 0.778. The highest BCUT2D eigenvalue weighted by Gasteiger charge is 2.53. The van der Waals surface area contributed by atoms with E-state index >= 15 is 0 Å². The van der Waals surface area contributed by atoms with Gasteiger partial charge in [-0.25, -0.2) is 0 Å². The predicted molar refractivity (Wildman–Crippen MR) is 92.4 cm³/mol. The molecule has 0 bridgehead atoms. The number of β-lactam (4-membered cyclic amide) rings is 1. The zero-order valence-electron chi connectivity index (χ0n) is 14.8. The summed E-state index contributed by atoms with van der Waals surface area (Å²) in [5.41, 5.74) is 1.15. The van der Waals surface area contributed by atoms with E-state index in [-0.39, 0.29) is 5.41 Å². The lowest BCUT2D eigenvalue weighted by molar-refractivity contribution is -0.166. The molecule has 1 aromatic rings. The van der Waals surface area contributed by atoms with Crippen molar-refractivity contribution in [2.75, 3.05) is 45.8 Å². The molecule has 6 heteroatoms. The van der Waals surface area contributed by atoms with Gasteiger partial charge in [-0.2, -0.15) is 5.10 Å². The van der Waals surface area contributed by atoms with Crippen molar-refractivity contribution in [2.45, 2.75) is 32.2 Å². The molecule has 4 heterocycles. The Morgan fingerprint density at radius 1 is 1.08 bits per heavy atom. The molecule has 24 heavy (non-hydrogen) atoms.